The standard InChI is InChI=1S/C19H22N2O3S/c22-19(23)15(16-10-20-6-7-24-16)9-12-2-1-3-14(8-12)17-11-21-18(25-17)13-4-5-13/h1-3,8,11,13,15-16,20H,4-7,9-10H2,(H,22,23). The van der Waals surface area contributed by atoms with Gasteiger partial charge in [0.2, 0.25) is 0 Å². The highest BCUT2D eigenvalue weighted by Gasteiger charge is 2.31. The zero-order valence-corrected chi connectivity index (χ0v) is 14.8. The van der Waals surface area contributed by atoms with Crippen LogP contribution in [0.4, 0.5) is 0 Å². The molecule has 5 nitrogen and oxygen atoms in total. The van der Waals surface area contributed by atoms with Crippen LogP contribution in [-0.2, 0) is 16.0 Å². The van der Waals surface area contributed by atoms with Crippen molar-refractivity contribution in [1.82, 2.24) is 10.3 Å². The van der Waals surface area contributed by atoms with E-state index in [4.69, 9.17) is 4.74 Å². The minimum Gasteiger partial charge on any atom is -0.481 e. The smallest absolute Gasteiger partial charge is 0.309 e. The molecule has 2 atom stereocenters. The summed E-state index contributed by atoms with van der Waals surface area (Å²) >= 11 is 1.76. The Morgan fingerprint density at radius 2 is 2.32 bits per heavy atom. The predicted octanol–water partition coefficient (Wildman–Crippen LogP) is 2.92. The molecule has 0 amide bonds. The first-order valence-electron chi connectivity index (χ1n) is 8.81. The number of rotatable bonds is 6. The zero-order valence-electron chi connectivity index (χ0n) is 14.0. The van der Waals surface area contributed by atoms with Gasteiger partial charge in [-0.15, -0.1) is 11.3 Å². The van der Waals surface area contributed by atoms with E-state index in [0.29, 0.717) is 25.5 Å². The van der Waals surface area contributed by atoms with E-state index in [0.717, 1.165) is 22.5 Å². The second-order valence-corrected chi connectivity index (χ2v) is 7.86. The van der Waals surface area contributed by atoms with Crippen molar-refractivity contribution in [2.45, 2.75) is 31.3 Å². The fourth-order valence-corrected chi connectivity index (χ4v) is 4.35. The fourth-order valence-electron chi connectivity index (χ4n) is 3.27. The van der Waals surface area contributed by atoms with Crippen molar-refractivity contribution in [3.8, 4) is 10.4 Å². The SMILES string of the molecule is O=C(O)C(Cc1cccc(-c2cnc(C3CC3)s2)c1)C1CNCCO1. The Bertz CT molecular complexity index is 751. The molecule has 1 aromatic carbocycles. The van der Waals surface area contributed by atoms with E-state index < -0.39 is 11.9 Å². The van der Waals surface area contributed by atoms with Crippen LogP contribution in [0.15, 0.2) is 30.5 Å². The molecule has 2 N–H and O–H groups in total. The predicted molar refractivity (Wildman–Crippen MR) is 97.0 cm³/mol. The molecule has 2 aromatic rings. The van der Waals surface area contributed by atoms with E-state index in [1.807, 2.05) is 18.3 Å². The maximum absolute atomic E-state index is 11.7. The third-order valence-corrected chi connectivity index (χ3v) is 6.05. The highest BCUT2D eigenvalue weighted by Crippen LogP contribution is 2.43. The molecular weight excluding hydrogens is 336 g/mol. The molecule has 0 bridgehead atoms. The Hall–Kier alpha value is -1.76. The topological polar surface area (TPSA) is 71.5 Å². The summed E-state index contributed by atoms with van der Waals surface area (Å²) < 4.78 is 5.67. The molecule has 0 radical (unpaired) electrons. The van der Waals surface area contributed by atoms with Crippen LogP contribution in [0.25, 0.3) is 10.4 Å². The number of nitrogens with one attached hydrogen (secondary N) is 1. The second-order valence-electron chi connectivity index (χ2n) is 6.80. The molecule has 4 rings (SSSR count). The minimum absolute atomic E-state index is 0.278. The van der Waals surface area contributed by atoms with Crippen LogP contribution in [0, 0.1) is 5.92 Å². The van der Waals surface area contributed by atoms with Crippen LogP contribution in [0.1, 0.15) is 29.3 Å². The normalized spacial score (nSPS) is 21.8. The number of hydrogen-bond acceptors (Lipinski definition) is 5. The number of carbonyl (C=O) groups is 1. The zero-order chi connectivity index (χ0) is 17.2. The third kappa shape index (κ3) is 3.92. The van der Waals surface area contributed by atoms with Crippen LogP contribution >= 0.6 is 11.3 Å². The molecule has 1 aromatic heterocycles. The Balaban J connectivity index is 1.52. The Labute approximate surface area is 151 Å². The Kier molecular flexibility index (Phi) is 4.83. The van der Waals surface area contributed by atoms with E-state index in [9.17, 15) is 9.90 Å². The third-order valence-electron chi connectivity index (χ3n) is 4.84. The molecule has 1 saturated heterocycles. The molecule has 1 saturated carbocycles. The summed E-state index contributed by atoms with van der Waals surface area (Å²) in [6, 6.07) is 8.16. The summed E-state index contributed by atoms with van der Waals surface area (Å²) in [5.74, 6) is -0.672. The molecule has 0 spiro atoms. The number of ether oxygens (including phenoxy) is 1. The van der Waals surface area contributed by atoms with Gasteiger partial charge in [0.05, 0.1) is 28.5 Å². The minimum atomic E-state index is -0.798. The molecule has 2 heterocycles. The first-order chi connectivity index (χ1) is 12.2. The van der Waals surface area contributed by atoms with Crippen LogP contribution in [0.5, 0.6) is 0 Å². The van der Waals surface area contributed by atoms with Crippen LogP contribution < -0.4 is 5.32 Å². The molecule has 2 unspecified atom stereocenters. The highest BCUT2D eigenvalue weighted by molar-refractivity contribution is 7.15. The van der Waals surface area contributed by atoms with Gasteiger partial charge < -0.3 is 15.2 Å². The molecular formula is C19H22N2O3S. The van der Waals surface area contributed by atoms with Crippen molar-refractivity contribution < 1.29 is 14.6 Å². The number of carboxylic acids is 1. The van der Waals surface area contributed by atoms with Crippen molar-refractivity contribution in [3.63, 3.8) is 0 Å². The van der Waals surface area contributed by atoms with Crippen LogP contribution in [0.3, 0.4) is 0 Å². The summed E-state index contributed by atoms with van der Waals surface area (Å²) in [7, 11) is 0. The van der Waals surface area contributed by atoms with E-state index >= 15 is 0 Å². The number of carboxylic acid groups (broad SMARTS) is 1. The molecule has 25 heavy (non-hydrogen) atoms. The Morgan fingerprint density at radius 3 is 3.04 bits per heavy atom. The first-order valence-corrected chi connectivity index (χ1v) is 9.62. The van der Waals surface area contributed by atoms with Crippen LogP contribution in [0.2, 0.25) is 0 Å². The van der Waals surface area contributed by atoms with Gasteiger partial charge in [0, 0.05) is 25.2 Å². The van der Waals surface area contributed by atoms with Gasteiger partial charge in [-0.05, 0) is 30.4 Å². The van der Waals surface area contributed by atoms with Gasteiger partial charge in [0.1, 0.15) is 0 Å². The summed E-state index contributed by atoms with van der Waals surface area (Å²) in [5, 5.41) is 14.1. The van der Waals surface area contributed by atoms with Gasteiger partial charge in [-0.25, -0.2) is 4.98 Å². The average Bonchev–Trinajstić information content (AvgIpc) is 3.37. The molecule has 132 valence electrons. The van der Waals surface area contributed by atoms with E-state index in [-0.39, 0.29) is 6.10 Å². The fraction of sp³-hybridized carbons (Fsp3) is 0.474. The summed E-state index contributed by atoms with van der Waals surface area (Å²) in [5.41, 5.74) is 2.15. The van der Waals surface area contributed by atoms with Crippen molar-refractivity contribution in [1.29, 1.82) is 0 Å². The second kappa shape index (κ2) is 7.23. The van der Waals surface area contributed by atoms with Crippen molar-refractivity contribution >= 4 is 17.3 Å². The number of morpholine rings is 1. The number of aromatic nitrogens is 1. The number of nitrogens with zero attached hydrogens (tertiary/aromatic N) is 1. The van der Waals surface area contributed by atoms with Gasteiger partial charge in [-0.2, -0.15) is 0 Å². The number of benzene rings is 1. The van der Waals surface area contributed by atoms with Gasteiger partial charge in [-0.1, -0.05) is 24.3 Å². The van der Waals surface area contributed by atoms with E-state index in [1.165, 1.54) is 17.8 Å². The molecule has 2 aliphatic rings. The van der Waals surface area contributed by atoms with Crippen molar-refractivity contribution in [3.05, 3.63) is 41.0 Å². The van der Waals surface area contributed by atoms with Gasteiger partial charge in [-0.3, -0.25) is 4.79 Å². The van der Waals surface area contributed by atoms with Crippen molar-refractivity contribution in [2.75, 3.05) is 19.7 Å². The summed E-state index contributed by atoms with van der Waals surface area (Å²) in [6.07, 6.45) is 4.65. The van der Waals surface area contributed by atoms with E-state index in [1.54, 1.807) is 11.3 Å². The average molecular weight is 358 g/mol. The lowest BCUT2D eigenvalue weighted by atomic mass is 9.92. The number of hydrogen-bond donors (Lipinski definition) is 2. The molecule has 2 fully saturated rings. The number of aliphatic carboxylic acids is 1. The Morgan fingerprint density at radius 1 is 1.44 bits per heavy atom. The maximum Gasteiger partial charge on any atom is 0.309 e. The van der Waals surface area contributed by atoms with E-state index in [2.05, 4.69) is 22.4 Å². The van der Waals surface area contributed by atoms with Gasteiger partial charge in [0.25, 0.3) is 0 Å². The lowest BCUT2D eigenvalue weighted by Gasteiger charge is -2.28. The molecule has 1 aliphatic carbocycles. The monoisotopic (exact) mass is 358 g/mol. The largest absolute Gasteiger partial charge is 0.481 e. The first kappa shape index (κ1) is 16.7. The molecule has 6 heteroatoms. The highest BCUT2D eigenvalue weighted by atomic mass is 32.1. The van der Waals surface area contributed by atoms with Gasteiger partial charge >= 0.3 is 5.97 Å². The lowest BCUT2D eigenvalue weighted by Crippen LogP contribution is -2.45. The summed E-state index contributed by atoms with van der Waals surface area (Å²) in [6.45, 7) is 1.95. The number of thiazole rings is 1. The van der Waals surface area contributed by atoms with Crippen LogP contribution in [-0.4, -0.2) is 41.9 Å². The van der Waals surface area contributed by atoms with Crippen molar-refractivity contribution in [2.24, 2.45) is 5.92 Å². The maximum atomic E-state index is 11.7. The lowest BCUT2D eigenvalue weighted by molar-refractivity contribution is -0.148. The summed E-state index contributed by atoms with van der Waals surface area (Å²) in [4.78, 5) is 17.4. The van der Waals surface area contributed by atoms with Gasteiger partial charge in [0.15, 0.2) is 0 Å². The molecule has 1 aliphatic heterocycles. The quantitative estimate of drug-likeness (QED) is 0.831.